The highest BCUT2D eigenvalue weighted by molar-refractivity contribution is 6.00. The van der Waals surface area contributed by atoms with Crippen LogP contribution in [0.4, 0.5) is 0 Å². The van der Waals surface area contributed by atoms with Gasteiger partial charge in [0.2, 0.25) is 5.91 Å². The van der Waals surface area contributed by atoms with Gasteiger partial charge < -0.3 is 25.2 Å². The van der Waals surface area contributed by atoms with E-state index in [9.17, 15) is 9.90 Å². The monoisotopic (exact) mass is 370 g/mol. The Labute approximate surface area is 159 Å². The molecule has 144 valence electrons. The maximum absolute atomic E-state index is 11.7. The largest absolute Gasteiger partial charge is 0.497 e. The summed E-state index contributed by atoms with van der Waals surface area (Å²) in [4.78, 5) is 14.0. The molecule has 1 saturated heterocycles. The number of carbonyl (C=O) groups excluding carboxylic acids is 1. The number of methoxy groups -OCH3 is 1. The fourth-order valence-electron chi connectivity index (χ4n) is 3.39. The lowest BCUT2D eigenvalue weighted by Crippen LogP contribution is -2.33. The molecule has 1 heterocycles. The molecule has 0 aromatic heterocycles. The number of β-amino-alcohol motifs (C(OH)–C–C–N with tert-alkyl or cyclic N) is 1. The molecule has 1 aliphatic rings. The molecule has 0 spiro atoms. The number of nitrogens with zero attached hydrogens (tertiary/aromatic N) is 1. The molecule has 1 amide bonds. The minimum absolute atomic E-state index is 0.195. The van der Waals surface area contributed by atoms with Gasteiger partial charge in [-0.05, 0) is 55.3 Å². The summed E-state index contributed by atoms with van der Waals surface area (Å²) in [6.07, 6.45) is 1.81. The van der Waals surface area contributed by atoms with Crippen LogP contribution in [-0.2, 0) is 0 Å². The number of aliphatic hydroxyl groups is 1. The second kappa shape index (κ2) is 8.88. The molecule has 6 heteroatoms. The van der Waals surface area contributed by atoms with Crippen LogP contribution < -0.4 is 15.2 Å². The molecule has 0 bridgehead atoms. The number of hydrogen-bond acceptors (Lipinski definition) is 5. The number of amides is 1. The van der Waals surface area contributed by atoms with E-state index in [1.165, 1.54) is 12.8 Å². The molecule has 0 aliphatic carbocycles. The zero-order valence-corrected chi connectivity index (χ0v) is 15.6. The summed E-state index contributed by atoms with van der Waals surface area (Å²) in [5.41, 5.74) is 7.42. The maximum atomic E-state index is 11.7. The van der Waals surface area contributed by atoms with Gasteiger partial charge in [-0.3, -0.25) is 4.79 Å². The van der Waals surface area contributed by atoms with Crippen molar-refractivity contribution in [2.75, 3.05) is 33.4 Å². The van der Waals surface area contributed by atoms with Gasteiger partial charge in [-0.1, -0.05) is 18.2 Å². The van der Waals surface area contributed by atoms with Gasteiger partial charge in [0.25, 0.3) is 0 Å². The topological polar surface area (TPSA) is 85.0 Å². The molecule has 1 atom stereocenters. The van der Waals surface area contributed by atoms with Crippen LogP contribution in [0.5, 0.6) is 11.5 Å². The number of hydrogen-bond donors (Lipinski definition) is 2. The standard InChI is InChI=1S/C21H26N2O4/c1-26-17-10-15(19-6-2-3-7-20(19)21(22)25)11-18(12-17)27-14-16(24)13-23-8-4-5-9-23/h2-3,6-7,10-12,16,24H,4-5,8-9,13-14H2,1H3,(H2,22,25). The lowest BCUT2D eigenvalue weighted by atomic mass is 9.99. The van der Waals surface area contributed by atoms with E-state index in [2.05, 4.69) is 4.90 Å². The van der Waals surface area contributed by atoms with E-state index in [1.54, 1.807) is 25.3 Å². The number of likely N-dealkylation sites (tertiary alicyclic amines) is 1. The van der Waals surface area contributed by atoms with Gasteiger partial charge >= 0.3 is 0 Å². The SMILES string of the molecule is COc1cc(OCC(O)CN2CCCC2)cc(-c2ccccc2C(N)=O)c1. The molecule has 0 radical (unpaired) electrons. The first-order chi connectivity index (χ1) is 13.1. The summed E-state index contributed by atoms with van der Waals surface area (Å²) in [6.45, 7) is 2.87. The highest BCUT2D eigenvalue weighted by Gasteiger charge is 2.17. The van der Waals surface area contributed by atoms with Gasteiger partial charge in [0.1, 0.15) is 24.2 Å². The van der Waals surface area contributed by atoms with E-state index in [1.807, 2.05) is 24.3 Å². The fourth-order valence-corrected chi connectivity index (χ4v) is 3.39. The lowest BCUT2D eigenvalue weighted by Gasteiger charge is -2.20. The Morgan fingerprint density at radius 3 is 2.59 bits per heavy atom. The van der Waals surface area contributed by atoms with Crippen LogP contribution in [0.15, 0.2) is 42.5 Å². The van der Waals surface area contributed by atoms with Crippen LogP contribution >= 0.6 is 0 Å². The Hall–Kier alpha value is -2.57. The summed E-state index contributed by atoms with van der Waals surface area (Å²) < 4.78 is 11.2. The van der Waals surface area contributed by atoms with E-state index in [-0.39, 0.29) is 6.61 Å². The van der Waals surface area contributed by atoms with E-state index in [0.29, 0.717) is 29.2 Å². The second-order valence-electron chi connectivity index (χ2n) is 6.78. The first-order valence-electron chi connectivity index (χ1n) is 9.18. The van der Waals surface area contributed by atoms with E-state index in [0.717, 1.165) is 18.7 Å². The van der Waals surface area contributed by atoms with Crippen LogP contribution in [0.25, 0.3) is 11.1 Å². The maximum Gasteiger partial charge on any atom is 0.249 e. The smallest absolute Gasteiger partial charge is 0.249 e. The van der Waals surface area contributed by atoms with Gasteiger partial charge in [-0.2, -0.15) is 0 Å². The molecule has 2 aromatic carbocycles. The molecule has 6 nitrogen and oxygen atoms in total. The average molecular weight is 370 g/mol. The summed E-state index contributed by atoms with van der Waals surface area (Å²) in [5, 5.41) is 10.2. The quantitative estimate of drug-likeness (QED) is 0.745. The number of nitrogens with two attached hydrogens (primary N) is 1. The van der Waals surface area contributed by atoms with Crippen LogP contribution in [-0.4, -0.2) is 55.4 Å². The number of carbonyl (C=O) groups is 1. The molecule has 3 N–H and O–H groups in total. The first kappa shape index (κ1) is 19.2. The third kappa shape index (κ3) is 4.99. The summed E-state index contributed by atoms with van der Waals surface area (Å²) in [7, 11) is 1.57. The number of benzene rings is 2. The zero-order valence-electron chi connectivity index (χ0n) is 15.6. The Bertz CT molecular complexity index is 788. The molecule has 27 heavy (non-hydrogen) atoms. The van der Waals surface area contributed by atoms with Crippen molar-refractivity contribution < 1.29 is 19.4 Å². The number of rotatable bonds is 8. The van der Waals surface area contributed by atoms with Gasteiger partial charge in [0.15, 0.2) is 0 Å². The number of ether oxygens (including phenoxy) is 2. The predicted octanol–water partition coefficient (Wildman–Crippen LogP) is 2.30. The normalized spacial score (nSPS) is 15.5. The molecule has 3 rings (SSSR count). The Morgan fingerprint density at radius 2 is 1.89 bits per heavy atom. The van der Waals surface area contributed by atoms with Crippen molar-refractivity contribution in [3.63, 3.8) is 0 Å². The lowest BCUT2D eigenvalue weighted by molar-refractivity contribution is 0.0757. The highest BCUT2D eigenvalue weighted by atomic mass is 16.5. The summed E-state index contributed by atoms with van der Waals surface area (Å²) in [6, 6.07) is 12.6. The first-order valence-corrected chi connectivity index (χ1v) is 9.18. The van der Waals surface area contributed by atoms with E-state index in [4.69, 9.17) is 15.2 Å². The average Bonchev–Trinajstić information content (AvgIpc) is 3.19. The third-order valence-electron chi connectivity index (χ3n) is 4.73. The second-order valence-corrected chi connectivity index (χ2v) is 6.78. The van der Waals surface area contributed by atoms with Crippen molar-refractivity contribution in [1.82, 2.24) is 4.90 Å². The number of aliphatic hydroxyl groups excluding tert-OH is 1. The van der Waals surface area contributed by atoms with Crippen molar-refractivity contribution in [3.05, 3.63) is 48.0 Å². The van der Waals surface area contributed by atoms with Crippen molar-refractivity contribution >= 4 is 5.91 Å². The van der Waals surface area contributed by atoms with Gasteiger partial charge in [0, 0.05) is 18.2 Å². The van der Waals surface area contributed by atoms with E-state index >= 15 is 0 Å². The molecule has 2 aromatic rings. The molecule has 0 saturated carbocycles. The Kier molecular flexibility index (Phi) is 6.32. The van der Waals surface area contributed by atoms with Crippen LogP contribution in [0.1, 0.15) is 23.2 Å². The summed E-state index contributed by atoms with van der Waals surface area (Å²) >= 11 is 0. The fraction of sp³-hybridized carbons (Fsp3) is 0.381. The molecule has 1 fully saturated rings. The molecule has 1 aliphatic heterocycles. The third-order valence-corrected chi connectivity index (χ3v) is 4.73. The van der Waals surface area contributed by atoms with Crippen molar-refractivity contribution in [1.29, 1.82) is 0 Å². The van der Waals surface area contributed by atoms with Gasteiger partial charge in [-0.25, -0.2) is 0 Å². The molecular weight excluding hydrogens is 344 g/mol. The van der Waals surface area contributed by atoms with Crippen molar-refractivity contribution in [2.45, 2.75) is 18.9 Å². The minimum atomic E-state index is -0.560. The molecule has 1 unspecified atom stereocenters. The van der Waals surface area contributed by atoms with Crippen LogP contribution in [0.2, 0.25) is 0 Å². The Morgan fingerprint density at radius 1 is 1.19 bits per heavy atom. The van der Waals surface area contributed by atoms with Crippen molar-refractivity contribution in [3.8, 4) is 22.6 Å². The predicted molar refractivity (Wildman–Crippen MR) is 104 cm³/mol. The van der Waals surface area contributed by atoms with E-state index < -0.39 is 12.0 Å². The number of primary amides is 1. The minimum Gasteiger partial charge on any atom is -0.497 e. The molecular formula is C21H26N2O4. The summed E-state index contributed by atoms with van der Waals surface area (Å²) in [5.74, 6) is 0.692. The highest BCUT2D eigenvalue weighted by Crippen LogP contribution is 2.31. The van der Waals surface area contributed by atoms with Crippen LogP contribution in [0, 0.1) is 0 Å². The Balaban J connectivity index is 1.76. The van der Waals surface area contributed by atoms with Crippen LogP contribution in [0.3, 0.4) is 0 Å². The zero-order chi connectivity index (χ0) is 19.2. The van der Waals surface area contributed by atoms with Gasteiger partial charge in [-0.15, -0.1) is 0 Å². The van der Waals surface area contributed by atoms with Crippen molar-refractivity contribution in [2.24, 2.45) is 5.73 Å². The van der Waals surface area contributed by atoms with Gasteiger partial charge in [0.05, 0.1) is 7.11 Å².